The van der Waals surface area contributed by atoms with Crippen LogP contribution >= 0.6 is 0 Å². The van der Waals surface area contributed by atoms with Crippen LogP contribution in [0, 0.1) is 0 Å². The zero-order valence-corrected chi connectivity index (χ0v) is 21.8. The summed E-state index contributed by atoms with van der Waals surface area (Å²) in [6, 6.07) is 6.39. The van der Waals surface area contributed by atoms with Crippen LogP contribution in [0.1, 0.15) is 30.1 Å². The molecule has 3 N–H and O–H groups in total. The van der Waals surface area contributed by atoms with Crippen molar-refractivity contribution in [2.24, 2.45) is 12.8 Å². The van der Waals surface area contributed by atoms with Crippen molar-refractivity contribution in [1.82, 2.24) is 24.0 Å². The summed E-state index contributed by atoms with van der Waals surface area (Å²) in [4.78, 5) is 58.7. The molecule has 3 heterocycles. The average molecular weight is 524 g/mol. The summed E-state index contributed by atoms with van der Waals surface area (Å²) in [5, 5.41) is 2.45. The minimum Gasteiger partial charge on any atom is -0.483 e. The minimum atomic E-state index is -0.655. The first-order valence-corrected chi connectivity index (χ1v) is 12.5. The molecule has 0 bridgehead atoms. The number of amides is 1. The maximum Gasteiger partial charge on any atom is 0.332 e. The van der Waals surface area contributed by atoms with Gasteiger partial charge in [-0.3, -0.25) is 23.5 Å². The SMILES string of the molecule is C/C=C/Cn1c(N2CCCC(N)C2)nc2c1c(=O)n(CC(=O)c1ccccc1OCC(=O)NC)c(=O)n2C. The molecule has 0 aliphatic carbocycles. The average Bonchev–Trinajstić information content (AvgIpc) is 3.31. The van der Waals surface area contributed by atoms with Gasteiger partial charge in [-0.05, 0) is 31.9 Å². The fraction of sp³-hybridized carbons (Fsp3) is 0.423. The fourth-order valence-electron chi connectivity index (χ4n) is 4.58. The summed E-state index contributed by atoms with van der Waals surface area (Å²) >= 11 is 0. The lowest BCUT2D eigenvalue weighted by Gasteiger charge is -2.31. The number of nitrogens with zero attached hydrogens (tertiary/aromatic N) is 5. The number of para-hydroxylation sites is 1. The van der Waals surface area contributed by atoms with Gasteiger partial charge in [0, 0.05) is 39.8 Å². The Kier molecular flexibility index (Phi) is 8.10. The molecule has 4 rings (SSSR count). The van der Waals surface area contributed by atoms with Crippen molar-refractivity contribution in [1.29, 1.82) is 0 Å². The molecule has 202 valence electrons. The van der Waals surface area contributed by atoms with E-state index in [0.29, 0.717) is 19.0 Å². The number of carbonyl (C=O) groups excluding carboxylic acids is 2. The Morgan fingerprint density at radius 1 is 1.24 bits per heavy atom. The Morgan fingerprint density at radius 3 is 2.71 bits per heavy atom. The maximum atomic E-state index is 13.7. The van der Waals surface area contributed by atoms with Crippen LogP contribution in [0.25, 0.3) is 11.2 Å². The van der Waals surface area contributed by atoms with Gasteiger partial charge in [-0.2, -0.15) is 4.98 Å². The van der Waals surface area contributed by atoms with E-state index in [4.69, 9.17) is 15.5 Å². The maximum absolute atomic E-state index is 13.7. The van der Waals surface area contributed by atoms with Crippen molar-refractivity contribution >= 4 is 28.8 Å². The van der Waals surface area contributed by atoms with Crippen LogP contribution in [0.2, 0.25) is 0 Å². The molecule has 38 heavy (non-hydrogen) atoms. The minimum absolute atomic E-state index is 0.0116. The smallest absolute Gasteiger partial charge is 0.332 e. The van der Waals surface area contributed by atoms with Gasteiger partial charge in [0.2, 0.25) is 5.95 Å². The monoisotopic (exact) mass is 523 g/mol. The highest BCUT2D eigenvalue weighted by Gasteiger charge is 2.27. The molecular formula is C26H33N7O5. The lowest BCUT2D eigenvalue weighted by Crippen LogP contribution is -2.44. The van der Waals surface area contributed by atoms with E-state index in [1.54, 1.807) is 22.8 Å². The number of ketones is 1. The number of nitrogens with two attached hydrogens (primary N) is 1. The standard InChI is InChI=1S/C26H33N7O5/c1-4-5-13-32-22-23(29-25(32)31-12-8-9-17(27)14-31)30(3)26(37)33(24(22)36)15-19(34)18-10-6-7-11-20(18)38-16-21(35)28-2/h4-7,10-11,17H,8-9,12-16,27H2,1-3H3,(H,28,35)/b5-4+. The molecule has 0 spiro atoms. The molecule has 1 saturated heterocycles. The van der Waals surface area contributed by atoms with E-state index in [0.717, 1.165) is 24.0 Å². The molecule has 0 saturated carbocycles. The first-order valence-electron chi connectivity index (χ1n) is 12.5. The highest BCUT2D eigenvalue weighted by Crippen LogP contribution is 2.23. The Labute approximate surface area is 219 Å². The van der Waals surface area contributed by atoms with Gasteiger partial charge in [0.1, 0.15) is 5.75 Å². The number of piperidine rings is 1. The summed E-state index contributed by atoms with van der Waals surface area (Å²) in [5.74, 6) is -0.105. The Hall–Kier alpha value is -4.19. The predicted octanol–water partition coefficient (Wildman–Crippen LogP) is 0.408. The van der Waals surface area contributed by atoms with Crippen LogP contribution < -0.4 is 31.9 Å². The van der Waals surface area contributed by atoms with Gasteiger partial charge in [-0.1, -0.05) is 24.3 Å². The van der Waals surface area contributed by atoms with Gasteiger partial charge in [-0.25, -0.2) is 4.79 Å². The number of imidazole rings is 1. The van der Waals surface area contributed by atoms with Crippen molar-refractivity contribution in [2.45, 2.75) is 38.9 Å². The number of fused-ring (bicyclic) bond motifs is 1. The van der Waals surface area contributed by atoms with Crippen molar-refractivity contribution in [3.63, 3.8) is 0 Å². The molecule has 1 fully saturated rings. The normalized spacial score (nSPS) is 15.8. The molecule has 1 amide bonds. The number of nitrogens with one attached hydrogen (secondary N) is 1. The van der Waals surface area contributed by atoms with Gasteiger partial charge in [0.15, 0.2) is 23.6 Å². The van der Waals surface area contributed by atoms with Crippen molar-refractivity contribution < 1.29 is 14.3 Å². The number of carbonyl (C=O) groups is 2. The van der Waals surface area contributed by atoms with E-state index in [-0.39, 0.29) is 41.0 Å². The third kappa shape index (κ3) is 5.25. The number of aromatic nitrogens is 4. The number of likely N-dealkylation sites (N-methyl/N-ethyl adjacent to an activating group) is 1. The Bertz CT molecular complexity index is 1500. The van der Waals surface area contributed by atoms with E-state index in [2.05, 4.69) is 5.32 Å². The number of anilines is 1. The van der Waals surface area contributed by atoms with Gasteiger partial charge in [-0.15, -0.1) is 0 Å². The number of aryl methyl sites for hydroxylation is 1. The molecule has 1 unspecified atom stereocenters. The highest BCUT2D eigenvalue weighted by atomic mass is 16.5. The second-order valence-corrected chi connectivity index (χ2v) is 9.23. The van der Waals surface area contributed by atoms with E-state index in [9.17, 15) is 19.2 Å². The number of ether oxygens (including phenoxy) is 1. The molecule has 1 aliphatic heterocycles. The van der Waals surface area contributed by atoms with E-state index in [1.165, 1.54) is 24.7 Å². The first-order chi connectivity index (χ1) is 18.3. The largest absolute Gasteiger partial charge is 0.483 e. The summed E-state index contributed by atoms with van der Waals surface area (Å²) in [5.41, 5.74) is 5.58. The van der Waals surface area contributed by atoms with Crippen molar-refractivity contribution in [2.75, 3.05) is 31.6 Å². The number of benzene rings is 1. The lowest BCUT2D eigenvalue weighted by molar-refractivity contribution is -0.122. The number of hydrogen-bond donors (Lipinski definition) is 2. The lowest BCUT2D eigenvalue weighted by atomic mass is 10.1. The zero-order valence-electron chi connectivity index (χ0n) is 21.8. The molecule has 1 aliphatic rings. The van der Waals surface area contributed by atoms with Crippen molar-refractivity contribution in [3.8, 4) is 5.75 Å². The van der Waals surface area contributed by atoms with Crippen LogP contribution in [0.4, 0.5) is 5.95 Å². The number of rotatable bonds is 9. The van der Waals surface area contributed by atoms with Crippen LogP contribution in [0.3, 0.4) is 0 Å². The van der Waals surface area contributed by atoms with Gasteiger partial charge in [0.25, 0.3) is 11.5 Å². The highest BCUT2D eigenvalue weighted by molar-refractivity contribution is 5.98. The second kappa shape index (κ2) is 11.5. The predicted molar refractivity (Wildman–Crippen MR) is 144 cm³/mol. The molecule has 2 aromatic heterocycles. The third-order valence-corrected chi connectivity index (χ3v) is 6.60. The number of hydrogen-bond acceptors (Lipinski definition) is 8. The summed E-state index contributed by atoms with van der Waals surface area (Å²) < 4.78 is 9.48. The topological polar surface area (TPSA) is 146 Å². The zero-order chi connectivity index (χ0) is 27.4. The Morgan fingerprint density at radius 2 is 2.00 bits per heavy atom. The summed E-state index contributed by atoms with van der Waals surface area (Å²) in [6.07, 6.45) is 5.58. The third-order valence-electron chi connectivity index (χ3n) is 6.60. The van der Waals surface area contributed by atoms with Crippen LogP contribution in [-0.2, 0) is 24.9 Å². The van der Waals surface area contributed by atoms with E-state index >= 15 is 0 Å². The molecule has 1 atom stereocenters. The van der Waals surface area contributed by atoms with Gasteiger partial charge >= 0.3 is 5.69 Å². The fourth-order valence-corrected chi connectivity index (χ4v) is 4.58. The molecule has 12 heteroatoms. The van der Waals surface area contributed by atoms with Crippen LogP contribution in [-0.4, -0.2) is 63.2 Å². The quantitative estimate of drug-likeness (QED) is 0.303. The first kappa shape index (κ1) is 26.9. The van der Waals surface area contributed by atoms with Crippen LogP contribution in [0.5, 0.6) is 5.75 Å². The summed E-state index contributed by atoms with van der Waals surface area (Å²) in [6.45, 7) is 2.80. The number of Topliss-reactive ketones (excluding diaryl/α,β-unsaturated/α-hetero) is 1. The second-order valence-electron chi connectivity index (χ2n) is 9.23. The number of allylic oxidation sites excluding steroid dienone is 2. The van der Waals surface area contributed by atoms with Crippen molar-refractivity contribution in [3.05, 3.63) is 62.8 Å². The molecule has 12 nitrogen and oxygen atoms in total. The van der Waals surface area contributed by atoms with Gasteiger partial charge < -0.3 is 25.3 Å². The summed E-state index contributed by atoms with van der Waals surface area (Å²) in [7, 11) is 3.01. The van der Waals surface area contributed by atoms with Gasteiger partial charge in [0.05, 0.1) is 12.1 Å². The van der Waals surface area contributed by atoms with E-state index in [1.807, 2.05) is 24.0 Å². The van der Waals surface area contributed by atoms with E-state index < -0.39 is 23.6 Å². The van der Waals surface area contributed by atoms with Crippen LogP contribution in [0.15, 0.2) is 46.0 Å². The molecule has 0 radical (unpaired) electrons. The molecule has 1 aromatic carbocycles. The molecule has 3 aromatic rings. The Balaban J connectivity index is 1.78. The molecular weight excluding hydrogens is 490 g/mol.